The first-order chi connectivity index (χ1) is 11.6. The zero-order valence-electron chi connectivity index (χ0n) is 14.1. The molecule has 2 amide bonds. The van der Waals surface area contributed by atoms with Gasteiger partial charge in [-0.25, -0.2) is 4.79 Å². The molecule has 0 spiro atoms. The highest BCUT2D eigenvalue weighted by Gasteiger charge is 2.20. The molecule has 132 valence electrons. The maximum atomic E-state index is 12.0. The standard InChI is InChI=1S/C18H25ClN2O3/c1-12-3-2-4-14(9-12)21-18(22)20-6-5-13-10-15(19)17-16(11-13)23-7-8-24-17/h10-12,14H,2-9H2,1H3,(H2,20,21,22). The maximum absolute atomic E-state index is 12.0. The number of halogens is 1. The van der Waals surface area contributed by atoms with Gasteiger partial charge in [0.1, 0.15) is 13.2 Å². The molecule has 1 aromatic carbocycles. The summed E-state index contributed by atoms with van der Waals surface area (Å²) in [6.45, 7) is 3.86. The maximum Gasteiger partial charge on any atom is 0.315 e. The zero-order chi connectivity index (χ0) is 16.9. The molecule has 24 heavy (non-hydrogen) atoms. The Kier molecular flexibility index (Phi) is 5.72. The van der Waals surface area contributed by atoms with Gasteiger partial charge in [-0.1, -0.05) is 31.4 Å². The van der Waals surface area contributed by atoms with Crippen molar-refractivity contribution in [2.75, 3.05) is 19.8 Å². The first-order valence-electron chi connectivity index (χ1n) is 8.74. The molecule has 2 aliphatic rings. The average Bonchev–Trinajstić information content (AvgIpc) is 2.55. The van der Waals surface area contributed by atoms with E-state index in [4.69, 9.17) is 21.1 Å². The van der Waals surface area contributed by atoms with Crippen LogP contribution >= 0.6 is 11.6 Å². The summed E-state index contributed by atoms with van der Waals surface area (Å²) in [5, 5.41) is 6.56. The van der Waals surface area contributed by atoms with Crippen LogP contribution in [-0.4, -0.2) is 31.8 Å². The quantitative estimate of drug-likeness (QED) is 0.871. The Bertz CT molecular complexity index is 594. The highest BCUT2D eigenvalue weighted by Crippen LogP contribution is 2.38. The Balaban J connectivity index is 1.46. The second-order valence-electron chi connectivity index (χ2n) is 6.72. The molecule has 2 atom stereocenters. The molecular weight excluding hydrogens is 328 g/mol. The number of ether oxygens (including phenoxy) is 2. The van der Waals surface area contributed by atoms with Gasteiger partial charge in [0.15, 0.2) is 11.5 Å². The van der Waals surface area contributed by atoms with Crippen molar-refractivity contribution in [3.05, 3.63) is 22.7 Å². The second kappa shape index (κ2) is 7.97. The Labute approximate surface area is 148 Å². The van der Waals surface area contributed by atoms with E-state index in [0.29, 0.717) is 54.7 Å². The predicted octanol–water partition coefficient (Wildman–Crippen LogP) is 3.53. The van der Waals surface area contributed by atoms with Crippen LogP contribution in [0.15, 0.2) is 12.1 Å². The van der Waals surface area contributed by atoms with E-state index in [-0.39, 0.29) is 6.03 Å². The summed E-state index contributed by atoms with van der Waals surface area (Å²) in [5.41, 5.74) is 1.02. The van der Waals surface area contributed by atoms with Gasteiger partial charge in [-0.3, -0.25) is 0 Å². The largest absolute Gasteiger partial charge is 0.486 e. The molecular formula is C18H25ClN2O3. The molecule has 1 aromatic rings. The summed E-state index contributed by atoms with van der Waals surface area (Å²) >= 11 is 6.23. The summed E-state index contributed by atoms with van der Waals surface area (Å²) in [6, 6.07) is 4.02. The van der Waals surface area contributed by atoms with Gasteiger partial charge in [-0.15, -0.1) is 0 Å². The molecule has 0 aromatic heterocycles. The molecule has 1 aliphatic heterocycles. The van der Waals surface area contributed by atoms with Gasteiger partial charge in [0, 0.05) is 12.6 Å². The van der Waals surface area contributed by atoms with E-state index in [1.165, 1.54) is 12.8 Å². The molecule has 2 N–H and O–H groups in total. The second-order valence-corrected chi connectivity index (χ2v) is 7.13. The molecule has 6 heteroatoms. The summed E-state index contributed by atoms with van der Waals surface area (Å²) in [6.07, 6.45) is 5.32. The topological polar surface area (TPSA) is 59.6 Å². The van der Waals surface area contributed by atoms with Gasteiger partial charge in [-0.05, 0) is 42.9 Å². The molecule has 0 saturated heterocycles. The third kappa shape index (κ3) is 4.47. The molecule has 3 rings (SSSR count). The van der Waals surface area contributed by atoms with Gasteiger partial charge in [0.2, 0.25) is 0 Å². The van der Waals surface area contributed by atoms with Crippen molar-refractivity contribution in [3.8, 4) is 11.5 Å². The number of carbonyl (C=O) groups is 1. The predicted molar refractivity (Wildman–Crippen MR) is 94.1 cm³/mol. The number of rotatable bonds is 4. The Morgan fingerprint density at radius 2 is 2.12 bits per heavy atom. The Morgan fingerprint density at radius 1 is 1.29 bits per heavy atom. The number of amides is 2. The molecule has 0 radical (unpaired) electrons. The highest BCUT2D eigenvalue weighted by molar-refractivity contribution is 6.32. The van der Waals surface area contributed by atoms with Crippen molar-refractivity contribution < 1.29 is 14.3 Å². The molecule has 1 saturated carbocycles. The van der Waals surface area contributed by atoms with Gasteiger partial charge < -0.3 is 20.1 Å². The first kappa shape index (κ1) is 17.2. The van der Waals surface area contributed by atoms with Gasteiger partial charge in [-0.2, -0.15) is 0 Å². The van der Waals surface area contributed by atoms with Crippen molar-refractivity contribution in [2.24, 2.45) is 5.92 Å². The smallest absolute Gasteiger partial charge is 0.315 e. The lowest BCUT2D eigenvalue weighted by atomic mass is 9.87. The Morgan fingerprint density at radius 3 is 2.96 bits per heavy atom. The lowest BCUT2D eigenvalue weighted by Gasteiger charge is -2.27. The van der Waals surface area contributed by atoms with Gasteiger partial charge >= 0.3 is 6.03 Å². The number of hydrogen-bond acceptors (Lipinski definition) is 3. The van der Waals surface area contributed by atoms with E-state index in [0.717, 1.165) is 18.4 Å². The monoisotopic (exact) mass is 352 g/mol. The van der Waals surface area contributed by atoms with Crippen molar-refractivity contribution in [1.29, 1.82) is 0 Å². The fraction of sp³-hybridized carbons (Fsp3) is 0.611. The number of urea groups is 1. The summed E-state index contributed by atoms with van der Waals surface area (Å²) in [7, 11) is 0. The van der Waals surface area contributed by atoms with Gasteiger partial charge in [0.25, 0.3) is 0 Å². The van der Waals surface area contributed by atoms with Crippen molar-refractivity contribution >= 4 is 17.6 Å². The minimum Gasteiger partial charge on any atom is -0.486 e. The normalized spacial score (nSPS) is 22.8. The number of benzene rings is 1. The molecule has 1 fully saturated rings. The number of nitrogens with one attached hydrogen (secondary N) is 2. The van der Waals surface area contributed by atoms with Crippen LogP contribution in [0.3, 0.4) is 0 Å². The van der Waals surface area contributed by atoms with Crippen LogP contribution in [0.5, 0.6) is 11.5 Å². The summed E-state index contributed by atoms with van der Waals surface area (Å²) in [5.74, 6) is 2.00. The van der Waals surface area contributed by atoms with Crippen LogP contribution in [-0.2, 0) is 6.42 Å². The van der Waals surface area contributed by atoms with Crippen molar-refractivity contribution in [1.82, 2.24) is 10.6 Å². The molecule has 1 aliphatic carbocycles. The highest BCUT2D eigenvalue weighted by atomic mass is 35.5. The number of fused-ring (bicyclic) bond motifs is 1. The van der Waals surface area contributed by atoms with Crippen LogP contribution in [0.25, 0.3) is 0 Å². The molecule has 2 unspecified atom stereocenters. The van der Waals surface area contributed by atoms with Crippen LogP contribution in [0.2, 0.25) is 5.02 Å². The first-order valence-corrected chi connectivity index (χ1v) is 9.12. The minimum absolute atomic E-state index is 0.0854. The Hall–Kier alpha value is -1.62. The van der Waals surface area contributed by atoms with Crippen LogP contribution in [0.1, 0.15) is 38.2 Å². The van der Waals surface area contributed by atoms with E-state index in [2.05, 4.69) is 17.6 Å². The van der Waals surface area contributed by atoms with Crippen molar-refractivity contribution in [3.63, 3.8) is 0 Å². The lowest BCUT2D eigenvalue weighted by molar-refractivity contribution is 0.171. The SMILES string of the molecule is CC1CCCC(NC(=O)NCCc2cc(Cl)c3c(c2)OCCO3)C1. The molecule has 0 bridgehead atoms. The van der Waals surface area contributed by atoms with Crippen LogP contribution in [0, 0.1) is 5.92 Å². The van der Waals surface area contributed by atoms with Crippen LogP contribution in [0.4, 0.5) is 4.79 Å². The summed E-state index contributed by atoms with van der Waals surface area (Å²) < 4.78 is 11.1. The average molecular weight is 353 g/mol. The minimum atomic E-state index is -0.0854. The van der Waals surface area contributed by atoms with Crippen molar-refractivity contribution in [2.45, 2.75) is 45.1 Å². The van der Waals surface area contributed by atoms with E-state index in [1.54, 1.807) is 0 Å². The molecule has 5 nitrogen and oxygen atoms in total. The summed E-state index contributed by atoms with van der Waals surface area (Å²) in [4.78, 5) is 12.0. The third-order valence-corrected chi connectivity index (χ3v) is 4.91. The van der Waals surface area contributed by atoms with Gasteiger partial charge in [0.05, 0.1) is 5.02 Å². The number of hydrogen-bond donors (Lipinski definition) is 2. The lowest BCUT2D eigenvalue weighted by Crippen LogP contribution is -2.44. The van der Waals surface area contributed by atoms with E-state index in [1.807, 2.05) is 12.1 Å². The fourth-order valence-electron chi connectivity index (χ4n) is 3.43. The zero-order valence-corrected chi connectivity index (χ0v) is 14.8. The van der Waals surface area contributed by atoms with Crippen LogP contribution < -0.4 is 20.1 Å². The fourth-order valence-corrected chi connectivity index (χ4v) is 3.72. The van der Waals surface area contributed by atoms with E-state index in [9.17, 15) is 4.79 Å². The molecule has 1 heterocycles. The van der Waals surface area contributed by atoms with E-state index < -0.39 is 0 Å². The van der Waals surface area contributed by atoms with E-state index >= 15 is 0 Å². The number of carbonyl (C=O) groups excluding carboxylic acids is 1. The third-order valence-electron chi connectivity index (χ3n) is 4.63.